The highest BCUT2D eigenvalue weighted by Crippen LogP contribution is 2.32. The normalized spacial score (nSPS) is 15.3. The number of carbonyl (C=O) groups excluding carboxylic acids is 3. The van der Waals surface area contributed by atoms with Crippen LogP contribution in [-0.2, 0) is 27.2 Å². The molecule has 2 aromatic rings. The number of fused-ring (bicyclic) bond motifs is 1. The van der Waals surface area contributed by atoms with Crippen molar-refractivity contribution < 1.29 is 32.3 Å². The molecule has 2 amide bonds. The predicted octanol–water partition coefficient (Wildman–Crippen LogP) is 3.20. The zero-order valence-corrected chi connectivity index (χ0v) is 16.8. The number of benzene rings is 1. The standard InChI is InChI=1S/C20H19F3N2O4S/c1-10-2-5-14-11(6-10)7-15(30-14)20(28)29-9-17(27)24-8-16(26)25-13-4-3-12(21)18(22)19(13)23/h3-4,7,10H,2,5-6,8-9H2,1H3,(H,24,27)(H,25,26). The zero-order valence-electron chi connectivity index (χ0n) is 16.0. The maximum Gasteiger partial charge on any atom is 0.348 e. The molecule has 10 heteroatoms. The molecule has 0 saturated carbocycles. The second-order valence-electron chi connectivity index (χ2n) is 7.03. The van der Waals surface area contributed by atoms with E-state index in [9.17, 15) is 27.6 Å². The fraction of sp³-hybridized carbons (Fsp3) is 0.350. The molecule has 160 valence electrons. The van der Waals surface area contributed by atoms with Gasteiger partial charge >= 0.3 is 5.97 Å². The third-order valence-electron chi connectivity index (χ3n) is 4.62. The molecule has 6 nitrogen and oxygen atoms in total. The summed E-state index contributed by atoms with van der Waals surface area (Å²) in [5, 5.41) is 4.21. The summed E-state index contributed by atoms with van der Waals surface area (Å²) >= 11 is 1.36. The van der Waals surface area contributed by atoms with Crippen molar-refractivity contribution in [2.75, 3.05) is 18.5 Å². The Bertz CT molecular complexity index is 993. The fourth-order valence-electron chi connectivity index (χ4n) is 3.06. The van der Waals surface area contributed by atoms with Gasteiger partial charge in [-0.15, -0.1) is 11.3 Å². The Morgan fingerprint density at radius 2 is 1.93 bits per heavy atom. The second kappa shape index (κ2) is 9.29. The van der Waals surface area contributed by atoms with Crippen LogP contribution in [0.2, 0.25) is 0 Å². The fourth-order valence-corrected chi connectivity index (χ4v) is 4.16. The quantitative estimate of drug-likeness (QED) is 0.534. The van der Waals surface area contributed by atoms with Crippen LogP contribution in [0.4, 0.5) is 18.9 Å². The van der Waals surface area contributed by atoms with Crippen molar-refractivity contribution in [3.63, 3.8) is 0 Å². The molecule has 0 fully saturated rings. The number of aryl methyl sites for hydroxylation is 1. The number of carbonyl (C=O) groups is 3. The van der Waals surface area contributed by atoms with Gasteiger partial charge in [-0.1, -0.05) is 6.92 Å². The van der Waals surface area contributed by atoms with Crippen molar-refractivity contribution in [2.24, 2.45) is 5.92 Å². The lowest BCUT2D eigenvalue weighted by atomic mass is 9.90. The number of esters is 1. The topological polar surface area (TPSA) is 84.5 Å². The van der Waals surface area contributed by atoms with Gasteiger partial charge in [-0.25, -0.2) is 18.0 Å². The summed E-state index contributed by atoms with van der Waals surface area (Å²) in [6.07, 6.45) is 2.90. The average molecular weight is 440 g/mol. The lowest BCUT2D eigenvalue weighted by molar-refractivity contribution is -0.126. The third-order valence-corrected chi connectivity index (χ3v) is 5.84. The Labute approximate surface area is 174 Å². The number of hydrogen-bond acceptors (Lipinski definition) is 5. The minimum Gasteiger partial charge on any atom is -0.451 e. The number of halogens is 3. The van der Waals surface area contributed by atoms with Gasteiger partial charge in [0.25, 0.3) is 5.91 Å². The van der Waals surface area contributed by atoms with Crippen LogP contribution in [0.5, 0.6) is 0 Å². The van der Waals surface area contributed by atoms with Crippen molar-refractivity contribution in [3.8, 4) is 0 Å². The Morgan fingerprint density at radius 3 is 2.70 bits per heavy atom. The number of thiophene rings is 1. The van der Waals surface area contributed by atoms with Crippen molar-refractivity contribution in [1.82, 2.24) is 5.32 Å². The molecular weight excluding hydrogens is 421 g/mol. The molecule has 1 aromatic carbocycles. The van der Waals surface area contributed by atoms with E-state index in [0.29, 0.717) is 16.9 Å². The van der Waals surface area contributed by atoms with Gasteiger partial charge in [0.1, 0.15) is 4.88 Å². The molecule has 2 N–H and O–H groups in total. The summed E-state index contributed by atoms with van der Waals surface area (Å²) in [6, 6.07) is 3.31. The zero-order chi connectivity index (χ0) is 21.8. The van der Waals surface area contributed by atoms with E-state index in [4.69, 9.17) is 4.74 Å². The number of nitrogens with one attached hydrogen (secondary N) is 2. The molecule has 30 heavy (non-hydrogen) atoms. The van der Waals surface area contributed by atoms with Gasteiger partial charge < -0.3 is 15.4 Å². The van der Waals surface area contributed by atoms with Crippen LogP contribution < -0.4 is 10.6 Å². The number of anilines is 1. The van der Waals surface area contributed by atoms with Crippen molar-refractivity contribution >= 4 is 34.8 Å². The van der Waals surface area contributed by atoms with E-state index in [-0.39, 0.29) is 0 Å². The van der Waals surface area contributed by atoms with E-state index in [1.165, 1.54) is 11.3 Å². The van der Waals surface area contributed by atoms with Crippen LogP contribution in [0.25, 0.3) is 0 Å². The maximum absolute atomic E-state index is 13.5. The van der Waals surface area contributed by atoms with E-state index >= 15 is 0 Å². The molecule has 1 atom stereocenters. The van der Waals surface area contributed by atoms with E-state index in [1.807, 2.05) is 5.32 Å². The van der Waals surface area contributed by atoms with Gasteiger partial charge in [0, 0.05) is 4.88 Å². The Morgan fingerprint density at radius 1 is 1.17 bits per heavy atom. The molecule has 0 bridgehead atoms. The Balaban J connectivity index is 1.44. The highest BCUT2D eigenvalue weighted by molar-refractivity contribution is 7.14. The van der Waals surface area contributed by atoms with Crippen LogP contribution in [0.3, 0.4) is 0 Å². The third kappa shape index (κ3) is 5.18. The number of hydrogen-bond donors (Lipinski definition) is 2. The van der Waals surface area contributed by atoms with Crippen LogP contribution in [0, 0.1) is 23.4 Å². The van der Waals surface area contributed by atoms with Gasteiger partial charge in [0.05, 0.1) is 12.2 Å². The molecule has 3 rings (SSSR count). The van der Waals surface area contributed by atoms with Gasteiger partial charge in [-0.2, -0.15) is 0 Å². The van der Waals surface area contributed by atoms with Crippen molar-refractivity contribution in [3.05, 3.63) is 51.0 Å². The number of rotatable bonds is 6. The van der Waals surface area contributed by atoms with E-state index in [0.717, 1.165) is 35.8 Å². The van der Waals surface area contributed by atoms with Crippen LogP contribution in [0.15, 0.2) is 18.2 Å². The molecule has 1 heterocycles. The molecule has 0 saturated heterocycles. The number of amides is 2. The largest absolute Gasteiger partial charge is 0.451 e. The monoisotopic (exact) mass is 440 g/mol. The summed E-state index contributed by atoms with van der Waals surface area (Å²) in [6.45, 7) is 0.991. The van der Waals surface area contributed by atoms with E-state index in [2.05, 4.69) is 12.2 Å². The molecule has 1 aromatic heterocycles. The van der Waals surface area contributed by atoms with E-state index < -0.39 is 54.1 Å². The SMILES string of the molecule is CC1CCc2sc(C(=O)OCC(=O)NCC(=O)Nc3ccc(F)c(F)c3F)cc2C1. The van der Waals surface area contributed by atoms with Crippen LogP contribution in [0.1, 0.15) is 33.5 Å². The van der Waals surface area contributed by atoms with Crippen LogP contribution >= 0.6 is 11.3 Å². The van der Waals surface area contributed by atoms with Crippen molar-refractivity contribution in [2.45, 2.75) is 26.2 Å². The van der Waals surface area contributed by atoms with E-state index in [1.54, 1.807) is 6.07 Å². The average Bonchev–Trinajstić information content (AvgIpc) is 3.14. The summed E-state index contributed by atoms with van der Waals surface area (Å²) in [5.74, 6) is -6.30. The van der Waals surface area contributed by atoms with Gasteiger partial charge in [-0.05, 0) is 48.9 Å². The summed E-state index contributed by atoms with van der Waals surface area (Å²) in [7, 11) is 0. The van der Waals surface area contributed by atoms with Crippen molar-refractivity contribution in [1.29, 1.82) is 0 Å². The molecule has 1 aliphatic carbocycles. The Hall–Kier alpha value is -2.88. The second-order valence-corrected chi connectivity index (χ2v) is 8.17. The molecule has 0 aliphatic heterocycles. The summed E-state index contributed by atoms with van der Waals surface area (Å²) in [4.78, 5) is 37.3. The molecule has 1 aliphatic rings. The lowest BCUT2D eigenvalue weighted by Crippen LogP contribution is -2.35. The Kier molecular flexibility index (Phi) is 6.76. The van der Waals surface area contributed by atoms with Gasteiger partial charge in [0.2, 0.25) is 5.91 Å². The first-order valence-corrected chi connectivity index (χ1v) is 10.0. The summed E-state index contributed by atoms with van der Waals surface area (Å²) in [5.41, 5.74) is 0.576. The first kappa shape index (κ1) is 21.8. The molecule has 0 spiro atoms. The highest BCUT2D eigenvalue weighted by Gasteiger charge is 2.22. The maximum atomic E-state index is 13.5. The minimum atomic E-state index is -1.71. The first-order valence-electron chi connectivity index (χ1n) is 9.23. The summed E-state index contributed by atoms with van der Waals surface area (Å²) < 4.78 is 44.5. The molecular formula is C20H19F3N2O4S. The molecule has 1 unspecified atom stereocenters. The highest BCUT2D eigenvalue weighted by atomic mass is 32.1. The van der Waals surface area contributed by atoms with Gasteiger partial charge in [-0.3, -0.25) is 9.59 Å². The first-order chi connectivity index (χ1) is 14.2. The molecule has 0 radical (unpaired) electrons. The predicted molar refractivity (Wildman–Crippen MR) is 104 cm³/mol. The van der Waals surface area contributed by atoms with Crippen LogP contribution in [-0.4, -0.2) is 30.9 Å². The van der Waals surface area contributed by atoms with Gasteiger partial charge in [0.15, 0.2) is 24.1 Å². The lowest BCUT2D eigenvalue weighted by Gasteiger charge is -2.16. The smallest absolute Gasteiger partial charge is 0.348 e. The number of ether oxygens (including phenoxy) is 1. The minimum absolute atomic E-state index is 0.424.